The summed E-state index contributed by atoms with van der Waals surface area (Å²) in [6, 6.07) is 16.4. The third-order valence-corrected chi connectivity index (χ3v) is 13.8. The van der Waals surface area contributed by atoms with Crippen LogP contribution >= 0.6 is 11.6 Å². The van der Waals surface area contributed by atoms with Crippen molar-refractivity contribution >= 4 is 40.2 Å². The summed E-state index contributed by atoms with van der Waals surface area (Å²) >= 11 is 6.49. The lowest BCUT2D eigenvalue weighted by atomic mass is 9.72. The molecular formula is C42H42ClN5O5. The molecular weight excluding hydrogens is 690 g/mol. The molecule has 2 unspecified atom stereocenters. The van der Waals surface area contributed by atoms with Gasteiger partial charge in [-0.05, 0) is 107 Å². The molecule has 1 N–H and O–H groups in total. The number of piperidine rings is 2. The van der Waals surface area contributed by atoms with E-state index in [-0.39, 0.29) is 29.2 Å². The zero-order valence-electron chi connectivity index (χ0n) is 30.0. The van der Waals surface area contributed by atoms with Crippen molar-refractivity contribution in [1.82, 2.24) is 24.7 Å². The molecule has 3 atom stereocenters. The molecule has 3 aromatic carbocycles. The molecule has 272 valence electrons. The molecule has 4 aromatic rings. The number of hydrogen-bond acceptors (Lipinski definition) is 7. The number of benzene rings is 3. The minimum Gasteiger partial charge on any atom is -0.492 e. The van der Waals surface area contributed by atoms with Crippen molar-refractivity contribution in [3.63, 3.8) is 0 Å². The second kappa shape index (κ2) is 11.7. The highest BCUT2D eigenvalue weighted by Gasteiger charge is 2.48. The van der Waals surface area contributed by atoms with Crippen molar-refractivity contribution in [3.8, 4) is 11.4 Å². The van der Waals surface area contributed by atoms with Gasteiger partial charge >= 0.3 is 0 Å². The zero-order chi connectivity index (χ0) is 36.4. The van der Waals surface area contributed by atoms with E-state index in [4.69, 9.17) is 16.3 Å². The molecule has 2 saturated heterocycles. The number of hydrogen-bond donors (Lipinski definition) is 1. The van der Waals surface area contributed by atoms with Crippen LogP contribution in [-0.4, -0.2) is 68.9 Å². The van der Waals surface area contributed by atoms with Crippen molar-refractivity contribution in [2.24, 2.45) is 0 Å². The Hall–Kier alpha value is -4.54. The summed E-state index contributed by atoms with van der Waals surface area (Å²) in [7, 11) is 0. The quantitative estimate of drug-likeness (QED) is 0.262. The number of aromatic nitrogens is 2. The minimum absolute atomic E-state index is 0.0787. The molecule has 1 aromatic heterocycles. The number of nitrogens with zero attached hydrogens (tertiary/aromatic N) is 4. The molecule has 1 saturated carbocycles. The predicted octanol–water partition coefficient (Wildman–Crippen LogP) is 5.89. The Morgan fingerprint density at radius 3 is 2.60 bits per heavy atom. The molecule has 1 spiro atoms. The fourth-order valence-corrected chi connectivity index (χ4v) is 10.8. The Morgan fingerprint density at radius 1 is 0.962 bits per heavy atom. The van der Waals surface area contributed by atoms with E-state index in [0.717, 1.165) is 67.1 Å². The average molecular weight is 732 g/mol. The summed E-state index contributed by atoms with van der Waals surface area (Å²) in [5.41, 5.74) is 6.34. The Labute approximate surface area is 312 Å². The first kappa shape index (κ1) is 33.1. The van der Waals surface area contributed by atoms with Crippen LogP contribution in [0.2, 0.25) is 5.02 Å². The first-order valence-corrected chi connectivity index (χ1v) is 19.5. The zero-order valence-corrected chi connectivity index (χ0v) is 30.8. The van der Waals surface area contributed by atoms with Crippen molar-refractivity contribution in [3.05, 3.63) is 97.5 Å². The molecule has 3 amide bonds. The number of imide groups is 1. The van der Waals surface area contributed by atoms with Crippen molar-refractivity contribution in [1.29, 1.82) is 0 Å². The van der Waals surface area contributed by atoms with E-state index in [9.17, 15) is 19.2 Å². The van der Waals surface area contributed by atoms with E-state index in [0.29, 0.717) is 47.5 Å². The lowest BCUT2D eigenvalue weighted by Crippen LogP contribution is -2.52. The topological polar surface area (TPSA) is 114 Å². The Kier molecular flexibility index (Phi) is 7.32. The van der Waals surface area contributed by atoms with Gasteiger partial charge in [0.2, 0.25) is 11.8 Å². The van der Waals surface area contributed by atoms with Crippen LogP contribution in [0.3, 0.4) is 0 Å². The molecule has 0 bridgehead atoms. The van der Waals surface area contributed by atoms with Crippen LogP contribution in [0.25, 0.3) is 16.6 Å². The maximum absolute atomic E-state index is 13.4. The molecule has 1 aliphatic carbocycles. The standard InChI is InChI=1S/C42H42ClN5O5/c1-41(2)29-20-24(9-12-31(29)48-32-8-4-7-30(43)35(32)38(51)45-40(41)48)23-5-3-6-25(19-23)46-17-15-42(16-18-46)22-53-36-27-21-47(33-13-14-34(49)44-37(33)50)39(52)26(27)10-11-28(36)42/h4,7-12,20,23,25,33H,3,5-6,13-19,21-22H2,1-2H3,(H,44,49,50)/t23?,25?,33-/m0/s1. The van der Waals surface area contributed by atoms with Gasteiger partial charge in [-0.2, -0.15) is 4.98 Å². The van der Waals surface area contributed by atoms with Gasteiger partial charge in [-0.25, -0.2) is 0 Å². The van der Waals surface area contributed by atoms with E-state index < -0.39 is 17.4 Å². The molecule has 6 heterocycles. The Morgan fingerprint density at radius 2 is 1.79 bits per heavy atom. The molecule has 11 heteroatoms. The highest BCUT2D eigenvalue weighted by atomic mass is 35.5. The third-order valence-electron chi connectivity index (χ3n) is 13.5. The minimum atomic E-state index is -0.636. The van der Waals surface area contributed by atoms with Gasteiger partial charge < -0.3 is 14.5 Å². The van der Waals surface area contributed by atoms with Crippen LogP contribution in [0, 0.1) is 0 Å². The molecule has 3 fully saturated rings. The van der Waals surface area contributed by atoms with E-state index in [1.165, 1.54) is 29.5 Å². The lowest BCUT2D eigenvalue weighted by molar-refractivity contribution is -0.136. The lowest BCUT2D eigenvalue weighted by Gasteiger charge is -2.44. The van der Waals surface area contributed by atoms with Crippen LogP contribution in [0.4, 0.5) is 0 Å². The SMILES string of the molecule is CC1(C)c2cc(C3CCCC(N4CCC5(CC4)COc4c5ccc5c4CN([C@H]4CCC(=O)NC4=O)C5=O)C3)ccc2-n2c1nc(=O)c1c(Cl)cccc12. The summed E-state index contributed by atoms with van der Waals surface area (Å²) < 4.78 is 8.57. The predicted molar refractivity (Wildman–Crippen MR) is 200 cm³/mol. The van der Waals surface area contributed by atoms with Gasteiger partial charge in [-0.15, -0.1) is 0 Å². The fraction of sp³-hybridized carbons (Fsp3) is 0.452. The van der Waals surface area contributed by atoms with Crippen LogP contribution < -0.4 is 15.6 Å². The van der Waals surface area contributed by atoms with Gasteiger partial charge in [0, 0.05) is 34.6 Å². The van der Waals surface area contributed by atoms with Crippen molar-refractivity contribution in [2.75, 3.05) is 19.7 Å². The number of carbonyl (C=O) groups excluding carboxylic acids is 3. The van der Waals surface area contributed by atoms with E-state index in [1.807, 2.05) is 18.2 Å². The number of likely N-dealkylation sites (tertiary alicyclic amines) is 1. The van der Waals surface area contributed by atoms with E-state index in [2.05, 4.69) is 57.9 Å². The highest BCUT2D eigenvalue weighted by molar-refractivity contribution is 6.35. The second-order valence-electron chi connectivity index (χ2n) is 16.6. The molecule has 10 nitrogen and oxygen atoms in total. The van der Waals surface area contributed by atoms with Crippen LogP contribution in [-0.2, 0) is 27.0 Å². The molecule has 10 rings (SSSR count). The van der Waals surface area contributed by atoms with Gasteiger partial charge in [-0.3, -0.25) is 29.1 Å². The number of nitrogens with one attached hydrogen (secondary N) is 1. The molecule has 5 aliphatic heterocycles. The first-order valence-electron chi connectivity index (χ1n) is 19.1. The normalized spacial score (nSPS) is 25.6. The highest BCUT2D eigenvalue weighted by Crippen LogP contribution is 2.51. The average Bonchev–Trinajstić information content (AvgIpc) is 3.75. The van der Waals surface area contributed by atoms with Gasteiger partial charge in [0.15, 0.2) is 0 Å². The summed E-state index contributed by atoms with van der Waals surface area (Å²) in [6.45, 7) is 7.27. The van der Waals surface area contributed by atoms with Crippen LogP contribution in [0.5, 0.6) is 5.75 Å². The number of halogens is 1. The van der Waals surface area contributed by atoms with Gasteiger partial charge in [0.05, 0.1) is 40.2 Å². The maximum Gasteiger partial charge on any atom is 0.282 e. The van der Waals surface area contributed by atoms with Crippen molar-refractivity contribution in [2.45, 2.75) is 101 Å². The summed E-state index contributed by atoms with van der Waals surface area (Å²) in [4.78, 5) is 59.8. The second-order valence-corrected chi connectivity index (χ2v) is 17.0. The summed E-state index contributed by atoms with van der Waals surface area (Å²) in [5.74, 6) is 1.20. The number of fused-ring (bicyclic) bond motifs is 9. The number of carbonyl (C=O) groups is 3. The first-order chi connectivity index (χ1) is 25.5. The number of amides is 3. The maximum atomic E-state index is 13.4. The Bertz CT molecular complexity index is 2340. The molecule has 6 aliphatic rings. The molecule has 53 heavy (non-hydrogen) atoms. The summed E-state index contributed by atoms with van der Waals surface area (Å²) in [6.07, 6.45) is 7.25. The largest absolute Gasteiger partial charge is 0.492 e. The van der Waals surface area contributed by atoms with E-state index >= 15 is 0 Å². The molecule has 0 radical (unpaired) electrons. The Balaban J connectivity index is 0.856. The summed E-state index contributed by atoms with van der Waals surface area (Å²) in [5, 5.41) is 3.29. The van der Waals surface area contributed by atoms with Gasteiger partial charge in [0.1, 0.15) is 17.6 Å². The number of rotatable bonds is 3. The number of ether oxygens (including phenoxy) is 1. The monoisotopic (exact) mass is 731 g/mol. The fourth-order valence-electron chi connectivity index (χ4n) is 10.5. The van der Waals surface area contributed by atoms with Gasteiger partial charge in [0.25, 0.3) is 11.5 Å². The third kappa shape index (κ3) is 4.83. The van der Waals surface area contributed by atoms with Crippen molar-refractivity contribution < 1.29 is 19.1 Å². The van der Waals surface area contributed by atoms with Gasteiger partial charge in [-0.1, -0.05) is 42.3 Å². The smallest absolute Gasteiger partial charge is 0.282 e. The van der Waals surface area contributed by atoms with Crippen LogP contribution in [0.15, 0.2) is 53.3 Å². The van der Waals surface area contributed by atoms with Crippen LogP contribution in [0.1, 0.15) is 110 Å². The van der Waals surface area contributed by atoms with E-state index in [1.54, 1.807) is 11.0 Å².